The van der Waals surface area contributed by atoms with E-state index in [1.165, 1.54) is 0 Å². The zero-order valence-electron chi connectivity index (χ0n) is 13.1. The van der Waals surface area contributed by atoms with Gasteiger partial charge in [0, 0.05) is 17.4 Å². The number of esters is 1. The van der Waals surface area contributed by atoms with Crippen molar-refractivity contribution in [2.45, 2.75) is 19.3 Å². The van der Waals surface area contributed by atoms with Gasteiger partial charge in [-0.3, -0.25) is 14.7 Å². The third kappa shape index (κ3) is 1.86. The van der Waals surface area contributed by atoms with Gasteiger partial charge >= 0.3 is 5.97 Å². The minimum atomic E-state index is -1.36. The van der Waals surface area contributed by atoms with Crippen LogP contribution in [0.4, 0.5) is 5.69 Å². The molecule has 0 fully saturated rings. The summed E-state index contributed by atoms with van der Waals surface area (Å²) in [7, 11) is 0. The summed E-state index contributed by atoms with van der Waals surface area (Å²) in [6.07, 6.45) is 3.39. The number of nitrogens with zero attached hydrogens (tertiary/aromatic N) is 2. The van der Waals surface area contributed by atoms with Gasteiger partial charge in [0.15, 0.2) is 5.41 Å². The van der Waals surface area contributed by atoms with E-state index in [4.69, 9.17) is 4.74 Å². The number of hydrogen-bond acceptors (Lipinski definition) is 5. The molecule has 0 aliphatic carbocycles. The van der Waals surface area contributed by atoms with Gasteiger partial charge in [-0.2, -0.15) is 5.10 Å². The highest BCUT2D eigenvalue weighted by atomic mass is 16.5. The second-order valence-electron chi connectivity index (χ2n) is 5.79. The summed E-state index contributed by atoms with van der Waals surface area (Å²) in [5.74, 6) is -0.291. The molecule has 1 aliphatic heterocycles. The van der Waals surface area contributed by atoms with Crippen LogP contribution in [0, 0.1) is 0 Å². The highest BCUT2D eigenvalue weighted by Crippen LogP contribution is 2.40. The van der Waals surface area contributed by atoms with Crippen LogP contribution < -0.4 is 5.32 Å². The molecule has 8 heteroatoms. The summed E-state index contributed by atoms with van der Waals surface area (Å²) in [4.78, 5) is 32.4. The van der Waals surface area contributed by atoms with Crippen LogP contribution in [0.15, 0.2) is 24.5 Å². The van der Waals surface area contributed by atoms with Crippen LogP contribution in [0.25, 0.3) is 22.4 Å². The molecule has 122 valence electrons. The van der Waals surface area contributed by atoms with Crippen molar-refractivity contribution in [1.29, 1.82) is 0 Å². The Labute approximate surface area is 136 Å². The molecule has 0 saturated heterocycles. The highest BCUT2D eigenvalue weighted by Gasteiger charge is 2.50. The predicted molar refractivity (Wildman–Crippen MR) is 86.3 cm³/mol. The SMILES string of the molecule is CCOC(=O)C1(C)C(=O)Nc2cc3nc(-c4cn[nH]c4)[nH]c3cc21. The van der Waals surface area contributed by atoms with Crippen molar-refractivity contribution in [3.63, 3.8) is 0 Å². The first kappa shape index (κ1) is 14.4. The maximum atomic E-state index is 12.4. The molecule has 1 amide bonds. The average molecular weight is 325 g/mol. The third-order valence-corrected chi connectivity index (χ3v) is 4.32. The van der Waals surface area contributed by atoms with Crippen LogP contribution in [-0.2, 0) is 19.7 Å². The number of ether oxygens (including phenoxy) is 1. The number of anilines is 1. The molecule has 8 nitrogen and oxygen atoms in total. The van der Waals surface area contributed by atoms with Gasteiger partial charge in [-0.25, -0.2) is 4.98 Å². The van der Waals surface area contributed by atoms with Crippen LogP contribution in [0.3, 0.4) is 0 Å². The third-order valence-electron chi connectivity index (χ3n) is 4.32. The van der Waals surface area contributed by atoms with E-state index in [2.05, 4.69) is 25.5 Å². The van der Waals surface area contributed by atoms with E-state index in [0.717, 1.165) is 11.1 Å². The number of benzene rings is 1. The summed E-state index contributed by atoms with van der Waals surface area (Å²) in [6, 6.07) is 3.53. The number of aromatic amines is 2. The molecule has 3 heterocycles. The molecule has 0 radical (unpaired) electrons. The van der Waals surface area contributed by atoms with E-state index in [1.54, 1.807) is 38.4 Å². The van der Waals surface area contributed by atoms with Gasteiger partial charge in [0.25, 0.3) is 0 Å². The monoisotopic (exact) mass is 325 g/mol. The number of fused-ring (bicyclic) bond motifs is 2. The van der Waals surface area contributed by atoms with E-state index in [0.29, 0.717) is 22.6 Å². The molecule has 1 atom stereocenters. The fraction of sp³-hybridized carbons (Fsp3) is 0.250. The molecule has 0 spiro atoms. The number of carbonyl (C=O) groups excluding carboxylic acids is 2. The van der Waals surface area contributed by atoms with E-state index >= 15 is 0 Å². The van der Waals surface area contributed by atoms with Gasteiger partial charge in [-0.1, -0.05) is 0 Å². The van der Waals surface area contributed by atoms with Crippen LogP contribution in [0.2, 0.25) is 0 Å². The van der Waals surface area contributed by atoms with Crippen LogP contribution in [0.1, 0.15) is 19.4 Å². The Kier molecular flexibility index (Phi) is 2.96. The maximum absolute atomic E-state index is 12.4. The van der Waals surface area contributed by atoms with Crippen molar-refractivity contribution >= 4 is 28.6 Å². The fourth-order valence-corrected chi connectivity index (χ4v) is 2.94. The van der Waals surface area contributed by atoms with Crippen LogP contribution >= 0.6 is 0 Å². The number of imidazole rings is 1. The lowest BCUT2D eigenvalue weighted by Crippen LogP contribution is -2.40. The van der Waals surface area contributed by atoms with Crippen molar-refractivity contribution < 1.29 is 14.3 Å². The summed E-state index contributed by atoms with van der Waals surface area (Å²) in [6.45, 7) is 3.50. The van der Waals surface area contributed by atoms with Crippen molar-refractivity contribution in [3.8, 4) is 11.4 Å². The lowest BCUT2D eigenvalue weighted by molar-refractivity contribution is -0.152. The number of aromatic nitrogens is 4. The van der Waals surface area contributed by atoms with Gasteiger partial charge in [0.2, 0.25) is 5.91 Å². The van der Waals surface area contributed by atoms with E-state index in [-0.39, 0.29) is 6.61 Å². The number of nitrogens with one attached hydrogen (secondary N) is 3. The fourth-order valence-electron chi connectivity index (χ4n) is 2.94. The topological polar surface area (TPSA) is 113 Å². The minimum absolute atomic E-state index is 0.216. The molecule has 3 N–H and O–H groups in total. The Morgan fingerprint density at radius 3 is 2.92 bits per heavy atom. The zero-order valence-corrected chi connectivity index (χ0v) is 13.1. The normalized spacial score (nSPS) is 19.3. The largest absolute Gasteiger partial charge is 0.465 e. The molecule has 4 rings (SSSR count). The Balaban J connectivity index is 1.86. The first-order valence-electron chi connectivity index (χ1n) is 7.56. The summed E-state index contributed by atoms with van der Waals surface area (Å²) < 4.78 is 5.09. The molecule has 1 aliphatic rings. The highest BCUT2D eigenvalue weighted by molar-refractivity contribution is 6.19. The van der Waals surface area contributed by atoms with Crippen molar-refractivity contribution in [3.05, 3.63) is 30.1 Å². The van der Waals surface area contributed by atoms with Gasteiger partial charge in [-0.05, 0) is 26.0 Å². The van der Waals surface area contributed by atoms with E-state index < -0.39 is 17.3 Å². The quantitative estimate of drug-likeness (QED) is 0.501. The van der Waals surface area contributed by atoms with Crippen molar-refractivity contribution in [2.75, 3.05) is 11.9 Å². The van der Waals surface area contributed by atoms with Crippen molar-refractivity contribution in [2.24, 2.45) is 0 Å². The smallest absolute Gasteiger partial charge is 0.326 e. The molecular weight excluding hydrogens is 310 g/mol. The second-order valence-corrected chi connectivity index (χ2v) is 5.79. The lowest BCUT2D eigenvalue weighted by atomic mass is 9.83. The van der Waals surface area contributed by atoms with Gasteiger partial charge in [-0.15, -0.1) is 0 Å². The Morgan fingerprint density at radius 2 is 2.21 bits per heavy atom. The average Bonchev–Trinajstić information content (AvgIpc) is 3.25. The Hall–Kier alpha value is -3.16. The van der Waals surface area contributed by atoms with Gasteiger partial charge < -0.3 is 15.0 Å². The predicted octanol–water partition coefficient (Wildman–Crippen LogP) is 1.73. The van der Waals surface area contributed by atoms with Crippen LogP contribution in [0.5, 0.6) is 0 Å². The molecule has 0 bridgehead atoms. The Bertz CT molecular complexity index is 960. The summed E-state index contributed by atoms with van der Waals surface area (Å²) in [5.41, 5.74) is 2.05. The molecule has 2 aromatic heterocycles. The molecule has 0 saturated carbocycles. The van der Waals surface area contributed by atoms with E-state index in [9.17, 15) is 9.59 Å². The number of carbonyl (C=O) groups is 2. The van der Waals surface area contributed by atoms with Crippen molar-refractivity contribution in [1.82, 2.24) is 20.2 Å². The van der Waals surface area contributed by atoms with E-state index in [1.807, 2.05) is 0 Å². The number of rotatable bonds is 3. The number of H-pyrrole nitrogens is 2. The van der Waals surface area contributed by atoms with Gasteiger partial charge in [0.1, 0.15) is 5.82 Å². The zero-order chi connectivity index (χ0) is 16.9. The number of amides is 1. The lowest BCUT2D eigenvalue weighted by Gasteiger charge is -2.19. The first-order chi connectivity index (χ1) is 11.5. The standard InChI is InChI=1S/C16H15N5O3/c1-3-24-15(23)16(2)9-4-11-12(5-10(9)21-14(16)22)20-13(19-11)8-6-17-18-7-8/h4-7H,3H2,1-2H3,(H,17,18)(H,19,20)(H,21,22). The van der Waals surface area contributed by atoms with Crippen LogP contribution in [-0.4, -0.2) is 38.6 Å². The first-order valence-corrected chi connectivity index (χ1v) is 7.56. The molecule has 24 heavy (non-hydrogen) atoms. The molecule has 3 aromatic rings. The molecular formula is C16H15N5O3. The number of hydrogen-bond donors (Lipinski definition) is 3. The Morgan fingerprint density at radius 1 is 1.38 bits per heavy atom. The molecule has 1 unspecified atom stereocenters. The maximum Gasteiger partial charge on any atom is 0.326 e. The minimum Gasteiger partial charge on any atom is -0.465 e. The molecule has 1 aromatic carbocycles. The summed E-state index contributed by atoms with van der Waals surface area (Å²) in [5, 5.41) is 9.39. The second kappa shape index (κ2) is 4.92. The summed E-state index contributed by atoms with van der Waals surface area (Å²) >= 11 is 0. The van der Waals surface area contributed by atoms with Gasteiger partial charge in [0.05, 0.1) is 29.4 Å².